The minimum Gasteiger partial charge on any atom is -0.388 e. The third-order valence-corrected chi connectivity index (χ3v) is 4.67. The van der Waals surface area contributed by atoms with Crippen LogP contribution in [0.4, 0.5) is 14.5 Å². The maximum atomic E-state index is 14.5. The Kier molecular flexibility index (Phi) is 4.34. The highest BCUT2D eigenvalue weighted by Crippen LogP contribution is 2.33. The zero-order chi connectivity index (χ0) is 18.1. The summed E-state index contributed by atoms with van der Waals surface area (Å²) >= 11 is 0. The summed E-state index contributed by atoms with van der Waals surface area (Å²) < 4.78 is 30.0. The van der Waals surface area contributed by atoms with E-state index < -0.39 is 17.7 Å². The van der Waals surface area contributed by atoms with E-state index in [2.05, 4.69) is 25.7 Å². The zero-order valence-electron chi connectivity index (χ0n) is 14.2. The van der Waals surface area contributed by atoms with Gasteiger partial charge in [0.25, 0.3) is 0 Å². The fourth-order valence-electron chi connectivity index (χ4n) is 3.33. The normalized spacial score (nSPS) is 17.1. The van der Waals surface area contributed by atoms with Crippen molar-refractivity contribution in [2.24, 2.45) is 0 Å². The van der Waals surface area contributed by atoms with Gasteiger partial charge < -0.3 is 5.32 Å². The Morgan fingerprint density at radius 2 is 1.92 bits per heavy atom. The molecule has 8 heteroatoms. The summed E-state index contributed by atoms with van der Waals surface area (Å²) in [4.78, 5) is 2.07. The van der Waals surface area contributed by atoms with E-state index in [1.807, 2.05) is 31.3 Å². The minimum absolute atomic E-state index is 0.243. The van der Waals surface area contributed by atoms with Crippen LogP contribution in [0.1, 0.15) is 23.0 Å². The molecule has 1 aliphatic rings. The van der Waals surface area contributed by atoms with Crippen LogP contribution < -0.4 is 5.32 Å². The monoisotopic (exact) mass is 356 g/mol. The molecule has 6 nitrogen and oxygen atoms in total. The molecule has 0 saturated carbocycles. The summed E-state index contributed by atoms with van der Waals surface area (Å²) in [5, 5.41) is 14.8. The predicted molar refractivity (Wildman–Crippen MR) is 92.4 cm³/mol. The standard InChI is InChI=1S/C18H18F2N6/c1-21-13-7-5-12(6-8-13)11-25-9-10-26-18(22-23-24-26)17(25)14-3-2-4-15(19)16(14)20/h2-8,17,21H,9-11H2,1H3. The summed E-state index contributed by atoms with van der Waals surface area (Å²) in [6.45, 7) is 1.81. The first-order valence-corrected chi connectivity index (χ1v) is 8.38. The van der Waals surface area contributed by atoms with Gasteiger partial charge in [-0.15, -0.1) is 5.10 Å². The van der Waals surface area contributed by atoms with Crippen LogP contribution >= 0.6 is 0 Å². The molecule has 0 radical (unpaired) electrons. The van der Waals surface area contributed by atoms with Crippen LogP contribution in [0, 0.1) is 11.6 Å². The SMILES string of the molecule is CNc1ccc(CN2CCn3nnnc3C2c2cccc(F)c2F)cc1. The minimum atomic E-state index is -0.870. The smallest absolute Gasteiger partial charge is 0.173 e. The van der Waals surface area contributed by atoms with Crippen molar-refractivity contribution in [3.63, 3.8) is 0 Å². The number of nitrogens with one attached hydrogen (secondary N) is 1. The number of fused-ring (bicyclic) bond motifs is 1. The largest absolute Gasteiger partial charge is 0.388 e. The lowest BCUT2D eigenvalue weighted by atomic mass is 10.0. The number of aromatic nitrogens is 4. The predicted octanol–water partition coefficient (Wildman–Crippen LogP) is 2.60. The molecule has 1 atom stereocenters. The highest BCUT2D eigenvalue weighted by atomic mass is 19.2. The molecule has 0 bridgehead atoms. The average molecular weight is 356 g/mol. The van der Waals surface area contributed by atoms with Gasteiger partial charge in [0, 0.05) is 31.4 Å². The molecule has 3 aromatic rings. The summed E-state index contributed by atoms with van der Waals surface area (Å²) in [6.07, 6.45) is 0. The number of hydrogen-bond donors (Lipinski definition) is 1. The Hall–Kier alpha value is -2.87. The van der Waals surface area contributed by atoms with Gasteiger partial charge in [-0.3, -0.25) is 4.90 Å². The summed E-state index contributed by atoms with van der Waals surface area (Å²) in [5.41, 5.74) is 2.34. The van der Waals surface area contributed by atoms with Crippen LogP contribution in [0.15, 0.2) is 42.5 Å². The topological polar surface area (TPSA) is 58.9 Å². The maximum Gasteiger partial charge on any atom is 0.173 e. The van der Waals surface area contributed by atoms with Crippen molar-refractivity contribution in [3.05, 3.63) is 71.1 Å². The number of rotatable bonds is 4. The number of benzene rings is 2. The Morgan fingerprint density at radius 1 is 1.12 bits per heavy atom. The molecule has 0 saturated heterocycles. The number of halogens is 2. The molecular weight excluding hydrogens is 338 g/mol. The highest BCUT2D eigenvalue weighted by Gasteiger charge is 2.34. The van der Waals surface area contributed by atoms with Crippen molar-refractivity contribution in [2.45, 2.75) is 19.1 Å². The second-order valence-electron chi connectivity index (χ2n) is 6.22. The molecule has 0 spiro atoms. The van der Waals surface area contributed by atoms with E-state index in [0.29, 0.717) is 25.5 Å². The Morgan fingerprint density at radius 3 is 2.69 bits per heavy atom. The average Bonchev–Trinajstić information content (AvgIpc) is 3.14. The van der Waals surface area contributed by atoms with Gasteiger partial charge in [-0.1, -0.05) is 24.3 Å². The second-order valence-corrected chi connectivity index (χ2v) is 6.22. The van der Waals surface area contributed by atoms with E-state index in [1.165, 1.54) is 6.07 Å². The molecule has 1 aromatic heterocycles. The van der Waals surface area contributed by atoms with Gasteiger partial charge >= 0.3 is 0 Å². The van der Waals surface area contributed by atoms with Crippen LogP contribution in [0.3, 0.4) is 0 Å². The van der Waals surface area contributed by atoms with Crippen LogP contribution in [0.25, 0.3) is 0 Å². The van der Waals surface area contributed by atoms with E-state index in [1.54, 1.807) is 10.7 Å². The van der Waals surface area contributed by atoms with Crippen molar-refractivity contribution < 1.29 is 8.78 Å². The van der Waals surface area contributed by atoms with Crippen molar-refractivity contribution in [2.75, 3.05) is 18.9 Å². The number of anilines is 1. The quantitative estimate of drug-likeness (QED) is 0.779. The Labute approximate surface area is 149 Å². The van der Waals surface area contributed by atoms with Crippen molar-refractivity contribution in [1.29, 1.82) is 0 Å². The lowest BCUT2D eigenvalue weighted by Crippen LogP contribution is -2.39. The molecule has 1 unspecified atom stereocenters. The number of hydrogen-bond acceptors (Lipinski definition) is 5. The Balaban J connectivity index is 1.71. The van der Waals surface area contributed by atoms with Gasteiger partial charge in [-0.25, -0.2) is 13.5 Å². The second kappa shape index (κ2) is 6.80. The van der Waals surface area contributed by atoms with Crippen molar-refractivity contribution in [3.8, 4) is 0 Å². The molecule has 134 valence electrons. The lowest BCUT2D eigenvalue weighted by molar-refractivity contribution is 0.160. The van der Waals surface area contributed by atoms with Crippen molar-refractivity contribution >= 4 is 5.69 Å². The molecular formula is C18H18F2N6. The fraction of sp³-hybridized carbons (Fsp3) is 0.278. The molecule has 26 heavy (non-hydrogen) atoms. The number of tetrazole rings is 1. The Bertz CT molecular complexity index is 908. The number of nitrogens with zero attached hydrogens (tertiary/aromatic N) is 5. The molecule has 2 heterocycles. The van der Waals surface area contributed by atoms with Crippen molar-refractivity contribution in [1.82, 2.24) is 25.1 Å². The lowest BCUT2D eigenvalue weighted by Gasteiger charge is -2.35. The van der Waals surface area contributed by atoms with Gasteiger partial charge in [0.1, 0.15) is 6.04 Å². The van der Waals surface area contributed by atoms with Crippen LogP contribution in [0.2, 0.25) is 0 Å². The zero-order valence-corrected chi connectivity index (χ0v) is 14.2. The van der Waals surface area contributed by atoms with E-state index in [0.717, 1.165) is 17.3 Å². The van der Waals surface area contributed by atoms with Crippen LogP contribution in [0.5, 0.6) is 0 Å². The van der Waals surface area contributed by atoms with Gasteiger partial charge in [0.15, 0.2) is 17.5 Å². The first-order chi connectivity index (χ1) is 12.7. The van der Waals surface area contributed by atoms with Gasteiger partial charge in [0.05, 0.1) is 6.54 Å². The summed E-state index contributed by atoms with van der Waals surface area (Å²) in [5.74, 6) is -1.21. The van der Waals surface area contributed by atoms with Gasteiger partial charge in [-0.05, 0) is 34.2 Å². The third-order valence-electron chi connectivity index (χ3n) is 4.67. The van der Waals surface area contributed by atoms with Gasteiger partial charge in [-0.2, -0.15) is 0 Å². The molecule has 1 aliphatic heterocycles. The molecule has 0 aliphatic carbocycles. The third kappa shape index (κ3) is 2.92. The fourth-order valence-corrected chi connectivity index (χ4v) is 3.33. The van der Waals surface area contributed by atoms with E-state index in [-0.39, 0.29) is 5.56 Å². The van der Waals surface area contributed by atoms with E-state index in [9.17, 15) is 8.78 Å². The molecule has 2 aromatic carbocycles. The highest BCUT2D eigenvalue weighted by molar-refractivity contribution is 5.43. The molecule has 1 N–H and O–H groups in total. The molecule has 0 amide bonds. The van der Waals surface area contributed by atoms with Crippen LogP contribution in [-0.4, -0.2) is 38.7 Å². The first-order valence-electron chi connectivity index (χ1n) is 8.38. The van der Waals surface area contributed by atoms with Gasteiger partial charge in [0.2, 0.25) is 0 Å². The molecule has 0 fully saturated rings. The first kappa shape index (κ1) is 16.6. The summed E-state index contributed by atoms with van der Waals surface area (Å²) in [6, 6.07) is 11.7. The van der Waals surface area contributed by atoms with E-state index >= 15 is 0 Å². The van der Waals surface area contributed by atoms with E-state index in [4.69, 9.17) is 0 Å². The maximum absolute atomic E-state index is 14.5. The summed E-state index contributed by atoms with van der Waals surface area (Å²) in [7, 11) is 1.86. The van der Waals surface area contributed by atoms with Crippen LogP contribution in [-0.2, 0) is 13.1 Å². The molecule has 4 rings (SSSR count).